The van der Waals surface area contributed by atoms with E-state index in [1.807, 2.05) is 0 Å². The third kappa shape index (κ3) is 10.5. The van der Waals surface area contributed by atoms with Crippen LogP contribution in [0.15, 0.2) is 0 Å². The first-order valence-electron chi connectivity index (χ1n) is 4.39. The van der Waals surface area contributed by atoms with Crippen LogP contribution in [0.2, 0.25) is 4.13 Å². The molecule has 0 amide bonds. The molecule has 0 unspecified atom stereocenters. The summed E-state index contributed by atoms with van der Waals surface area (Å²) in [5.74, 6) is 0. The van der Waals surface area contributed by atoms with Gasteiger partial charge in [-0.2, -0.15) is 0 Å². The Labute approximate surface area is 76.9 Å². The molecular weight excluding hydrogens is 337 g/mol. The zero-order valence-electron chi connectivity index (χ0n) is 7.21. The van der Waals surface area contributed by atoms with Gasteiger partial charge in [0.25, 0.3) is 0 Å². The Morgan fingerprint density at radius 1 is 0.909 bits per heavy atom. The second-order valence-corrected chi connectivity index (χ2v) is 7.15. The van der Waals surface area contributed by atoms with Crippen LogP contribution < -0.4 is 0 Å². The Bertz CT molecular complexity index is 133. The van der Waals surface area contributed by atoms with Crippen molar-refractivity contribution in [3.63, 3.8) is 0 Å². The fourth-order valence-corrected chi connectivity index (χ4v) is 2.89. The summed E-state index contributed by atoms with van der Waals surface area (Å²) in [7, 11) is 0. The molecule has 0 radical (unpaired) electrons. The van der Waals surface area contributed by atoms with E-state index < -0.39 is 21.8 Å². The van der Waals surface area contributed by atoms with Crippen molar-refractivity contribution < 1.29 is 5.63 Å². The second kappa shape index (κ2) is 8.58. The predicted molar refractivity (Wildman–Crippen MR) is 45.3 cm³/mol. The number of hydrogen-bond acceptors (Lipinski definition) is 2. The van der Waals surface area contributed by atoms with Crippen LogP contribution in [0.1, 0.15) is 45.4 Å². The molecule has 0 bridgehead atoms. The Morgan fingerprint density at radius 3 is 2.00 bits per heavy atom. The molecule has 0 aromatic carbocycles. The number of rotatable bonds is 7. The summed E-state index contributed by atoms with van der Waals surface area (Å²) in [4.78, 5) is 0. The normalized spacial score (nSPS) is 9.91. The van der Waals surface area contributed by atoms with Crippen LogP contribution in [-0.4, -0.2) is 21.8 Å². The molecule has 0 fully saturated rings. The molecule has 2 nitrogen and oxygen atoms in total. The first-order chi connectivity index (χ1) is 5.27. The van der Waals surface area contributed by atoms with Gasteiger partial charge in [0.05, 0.1) is 0 Å². The van der Waals surface area contributed by atoms with E-state index in [4.69, 9.17) is 0 Å². The van der Waals surface area contributed by atoms with E-state index >= 15 is 0 Å². The van der Waals surface area contributed by atoms with Gasteiger partial charge >= 0.3 is 77.0 Å². The molecule has 0 spiro atoms. The van der Waals surface area contributed by atoms with Gasteiger partial charge in [-0.25, -0.2) is 0 Å². The van der Waals surface area contributed by atoms with E-state index in [2.05, 4.69) is 6.92 Å². The van der Waals surface area contributed by atoms with Crippen molar-refractivity contribution in [3.05, 3.63) is 0 Å². The third-order valence-electron chi connectivity index (χ3n) is 1.69. The number of unbranched alkanes of at least 4 members (excludes halogenated alkanes) is 5. The first-order valence-corrected chi connectivity index (χ1v) is 9.69. The maximum atomic E-state index is 10.3. The SMILES string of the molecule is CCCCCCC[CH2][Bi](=[O])=[O]. The zero-order valence-corrected chi connectivity index (χ0v) is 10.7. The first kappa shape index (κ1) is 11.5. The van der Waals surface area contributed by atoms with Gasteiger partial charge < -0.3 is 0 Å². The summed E-state index contributed by atoms with van der Waals surface area (Å²) in [6.45, 7) is 2.18. The molecule has 0 aliphatic rings. The molecule has 0 saturated heterocycles. The van der Waals surface area contributed by atoms with Crippen molar-refractivity contribution in [2.75, 3.05) is 0 Å². The van der Waals surface area contributed by atoms with Crippen molar-refractivity contribution in [2.45, 2.75) is 49.6 Å². The molecule has 3 heteroatoms. The molecule has 11 heavy (non-hydrogen) atoms. The van der Waals surface area contributed by atoms with Gasteiger partial charge in [-0.1, -0.05) is 0 Å². The standard InChI is InChI=1S/C8H17.Bi.2O/c1-3-5-7-8-6-4-2;;;/h1,3-8H2,2H3;;;. The van der Waals surface area contributed by atoms with E-state index in [1.54, 1.807) is 0 Å². The molecule has 0 aliphatic carbocycles. The van der Waals surface area contributed by atoms with Crippen LogP contribution in [-0.2, 0) is 5.63 Å². The molecule has 0 aromatic rings. The Kier molecular flexibility index (Phi) is 8.96. The fourth-order valence-electron chi connectivity index (χ4n) is 1.02. The maximum absolute atomic E-state index is 10.3. The van der Waals surface area contributed by atoms with E-state index in [0.29, 0.717) is 4.13 Å². The Balaban J connectivity index is 2.90. The monoisotopic (exact) mass is 354 g/mol. The van der Waals surface area contributed by atoms with E-state index in [1.165, 1.54) is 25.7 Å². The van der Waals surface area contributed by atoms with Crippen LogP contribution >= 0.6 is 0 Å². The van der Waals surface area contributed by atoms with Gasteiger partial charge in [-0.05, 0) is 0 Å². The predicted octanol–water partition coefficient (Wildman–Crippen LogP) is 2.70. The van der Waals surface area contributed by atoms with Crippen LogP contribution in [0.5, 0.6) is 0 Å². The van der Waals surface area contributed by atoms with Crippen LogP contribution in [0.3, 0.4) is 0 Å². The topological polar surface area (TPSA) is 34.1 Å². The quantitative estimate of drug-likeness (QED) is 0.520. The van der Waals surface area contributed by atoms with Gasteiger partial charge in [0.2, 0.25) is 0 Å². The van der Waals surface area contributed by atoms with E-state index in [9.17, 15) is 5.63 Å². The van der Waals surface area contributed by atoms with E-state index in [-0.39, 0.29) is 0 Å². The fraction of sp³-hybridized carbons (Fsp3) is 1.00. The Morgan fingerprint density at radius 2 is 1.45 bits per heavy atom. The van der Waals surface area contributed by atoms with Crippen molar-refractivity contribution in [3.8, 4) is 0 Å². The van der Waals surface area contributed by atoms with Crippen LogP contribution in [0.4, 0.5) is 0 Å². The number of hydrogen-bond donors (Lipinski definition) is 0. The van der Waals surface area contributed by atoms with Crippen LogP contribution in [0, 0.1) is 0 Å². The molecular formula is C8H17BiO2. The molecule has 0 rings (SSSR count). The Hall–Kier alpha value is 0.483. The van der Waals surface area contributed by atoms with Gasteiger partial charge in [0.15, 0.2) is 0 Å². The minimum atomic E-state index is -3.26. The van der Waals surface area contributed by atoms with Crippen molar-refractivity contribution >= 4 is 21.8 Å². The van der Waals surface area contributed by atoms with Gasteiger partial charge in [-0.15, -0.1) is 0 Å². The summed E-state index contributed by atoms with van der Waals surface area (Å²) in [6, 6.07) is 0. The van der Waals surface area contributed by atoms with Crippen molar-refractivity contribution in [1.29, 1.82) is 0 Å². The van der Waals surface area contributed by atoms with Gasteiger partial charge in [0, 0.05) is 0 Å². The average Bonchev–Trinajstić information content (AvgIpc) is 1.96. The van der Waals surface area contributed by atoms with Crippen molar-refractivity contribution in [2.24, 2.45) is 0 Å². The molecule has 0 aliphatic heterocycles. The van der Waals surface area contributed by atoms with Gasteiger partial charge in [0.1, 0.15) is 0 Å². The van der Waals surface area contributed by atoms with E-state index in [0.717, 1.165) is 12.8 Å². The molecule has 0 aromatic heterocycles. The molecule has 0 heterocycles. The van der Waals surface area contributed by atoms with Gasteiger partial charge in [-0.3, -0.25) is 0 Å². The second-order valence-electron chi connectivity index (χ2n) is 2.82. The summed E-state index contributed by atoms with van der Waals surface area (Å²) in [5, 5.41) is 0. The molecule has 0 atom stereocenters. The summed E-state index contributed by atoms with van der Waals surface area (Å²) >= 11 is -3.26. The molecule has 0 saturated carbocycles. The van der Waals surface area contributed by atoms with Crippen molar-refractivity contribution in [1.82, 2.24) is 0 Å². The summed E-state index contributed by atoms with van der Waals surface area (Å²) in [6.07, 6.45) is 7.05. The van der Waals surface area contributed by atoms with Crippen LogP contribution in [0.25, 0.3) is 0 Å². The summed E-state index contributed by atoms with van der Waals surface area (Å²) in [5.41, 5.74) is 0. The molecule has 66 valence electrons. The third-order valence-corrected chi connectivity index (χ3v) is 4.34. The average molecular weight is 354 g/mol. The minimum absolute atomic E-state index is 0.515. The summed E-state index contributed by atoms with van der Waals surface area (Å²) < 4.78 is 21.0. The molecule has 0 N–H and O–H groups in total. The zero-order chi connectivity index (χ0) is 8.53.